The molecule has 2 aromatic heterocycles. The SMILES string of the molecule is COc1cc(OC)c2c(c1Cl)O[C@@]1(C(=O)C=C(NCc3nc(-c4ccco4)no3)C[C@H]1C)C2=O. The third-order valence-corrected chi connectivity index (χ3v) is 6.34. The van der Waals surface area contributed by atoms with Crippen LogP contribution in [0.25, 0.3) is 11.6 Å². The Morgan fingerprint density at radius 2 is 2.06 bits per heavy atom. The van der Waals surface area contributed by atoms with Crippen LogP contribution in [0.3, 0.4) is 0 Å². The van der Waals surface area contributed by atoms with Crippen molar-refractivity contribution in [3.05, 3.63) is 52.7 Å². The molecule has 1 spiro atoms. The second-order valence-corrected chi connectivity index (χ2v) is 8.33. The Morgan fingerprint density at radius 3 is 2.74 bits per heavy atom. The molecular weight excluding hydrogens is 466 g/mol. The number of Topliss-reactive ketones (excluding diaryl/α,β-unsaturated/α-hetero) is 1. The summed E-state index contributed by atoms with van der Waals surface area (Å²) in [7, 11) is 2.86. The fraction of sp³-hybridized carbons (Fsp3) is 0.304. The van der Waals surface area contributed by atoms with Crippen molar-refractivity contribution in [1.29, 1.82) is 0 Å². The molecule has 2 atom stereocenters. The normalized spacial score (nSPS) is 21.3. The second kappa shape index (κ2) is 8.21. The Bertz CT molecular complexity index is 1310. The van der Waals surface area contributed by atoms with Crippen molar-refractivity contribution in [3.63, 3.8) is 0 Å². The summed E-state index contributed by atoms with van der Waals surface area (Å²) in [4.78, 5) is 31.1. The Hall–Kier alpha value is -3.79. The number of fused-ring (bicyclic) bond motifs is 1. The van der Waals surface area contributed by atoms with Crippen LogP contribution < -0.4 is 19.5 Å². The minimum absolute atomic E-state index is 0.0872. The minimum atomic E-state index is -1.73. The topological polar surface area (TPSA) is 126 Å². The number of carbonyl (C=O) groups excluding carboxylic acids is 2. The highest BCUT2D eigenvalue weighted by Crippen LogP contribution is 2.52. The molecule has 0 saturated heterocycles. The molecular formula is C23H20ClN3O7. The lowest BCUT2D eigenvalue weighted by Crippen LogP contribution is -2.55. The Balaban J connectivity index is 1.38. The van der Waals surface area contributed by atoms with E-state index in [1.807, 2.05) is 0 Å². The predicted octanol–water partition coefficient (Wildman–Crippen LogP) is 3.60. The van der Waals surface area contributed by atoms with Crippen LogP contribution in [0.15, 0.2) is 45.2 Å². The number of halogens is 1. The van der Waals surface area contributed by atoms with Crippen LogP contribution in [0.2, 0.25) is 5.02 Å². The highest BCUT2D eigenvalue weighted by molar-refractivity contribution is 6.36. The van der Waals surface area contributed by atoms with E-state index < -0.39 is 23.1 Å². The number of furan rings is 1. The quantitative estimate of drug-likeness (QED) is 0.517. The molecule has 1 aliphatic carbocycles. The van der Waals surface area contributed by atoms with Gasteiger partial charge in [0, 0.05) is 23.8 Å². The first kappa shape index (κ1) is 22.0. The van der Waals surface area contributed by atoms with E-state index in [4.69, 9.17) is 34.8 Å². The number of methoxy groups -OCH3 is 2. The summed E-state index contributed by atoms with van der Waals surface area (Å²) >= 11 is 6.40. The number of hydrogen-bond donors (Lipinski definition) is 1. The van der Waals surface area contributed by atoms with Gasteiger partial charge >= 0.3 is 0 Å². The number of ether oxygens (including phenoxy) is 3. The maximum Gasteiger partial charge on any atom is 0.246 e. The van der Waals surface area contributed by atoms with Crippen LogP contribution in [0.5, 0.6) is 17.2 Å². The minimum Gasteiger partial charge on any atom is -0.496 e. The fourth-order valence-electron chi connectivity index (χ4n) is 4.27. The van der Waals surface area contributed by atoms with Crippen LogP contribution in [0.4, 0.5) is 0 Å². The summed E-state index contributed by atoms with van der Waals surface area (Å²) in [6, 6.07) is 4.95. The standard InChI is InChI=1S/C23H20ClN3O7/c1-11-7-12(25-10-17-26-22(27-34-17)13-5-4-6-32-13)8-16(28)23(11)21(29)18-14(30-2)9-15(31-3)19(24)20(18)33-23/h4-6,8-9,11,25H,7,10H2,1-3H3/t11-,23+/m1/s1. The van der Waals surface area contributed by atoms with Crippen LogP contribution in [0, 0.1) is 5.92 Å². The number of nitrogens with one attached hydrogen (secondary N) is 1. The van der Waals surface area contributed by atoms with Gasteiger partial charge in [0.1, 0.15) is 22.1 Å². The smallest absolute Gasteiger partial charge is 0.246 e. The zero-order chi connectivity index (χ0) is 24.0. The van der Waals surface area contributed by atoms with Gasteiger partial charge in [0.2, 0.25) is 28.9 Å². The number of carbonyl (C=O) groups is 2. The monoisotopic (exact) mass is 485 g/mol. The zero-order valence-corrected chi connectivity index (χ0v) is 19.3. The van der Waals surface area contributed by atoms with Crippen molar-refractivity contribution in [2.45, 2.75) is 25.5 Å². The number of ketones is 2. The zero-order valence-electron chi connectivity index (χ0n) is 18.5. The highest BCUT2D eigenvalue weighted by Gasteiger charge is 2.60. The average molecular weight is 486 g/mol. The largest absolute Gasteiger partial charge is 0.496 e. The molecule has 0 fully saturated rings. The number of rotatable bonds is 6. The first-order valence-corrected chi connectivity index (χ1v) is 10.8. The molecule has 34 heavy (non-hydrogen) atoms. The van der Waals surface area contributed by atoms with Crippen molar-refractivity contribution in [2.24, 2.45) is 5.92 Å². The van der Waals surface area contributed by atoms with Crippen LogP contribution in [-0.2, 0) is 11.3 Å². The van der Waals surface area contributed by atoms with Crippen molar-refractivity contribution in [2.75, 3.05) is 14.2 Å². The van der Waals surface area contributed by atoms with Crippen molar-refractivity contribution in [3.8, 4) is 28.8 Å². The van der Waals surface area contributed by atoms with Crippen LogP contribution in [-0.4, -0.2) is 41.5 Å². The lowest BCUT2D eigenvalue weighted by molar-refractivity contribution is -0.129. The molecule has 176 valence electrons. The highest BCUT2D eigenvalue weighted by atomic mass is 35.5. The molecule has 11 heteroatoms. The van der Waals surface area contributed by atoms with Crippen LogP contribution in [0.1, 0.15) is 29.6 Å². The number of hydrogen-bond acceptors (Lipinski definition) is 10. The Labute approximate surface area is 198 Å². The number of benzene rings is 1. The van der Waals surface area contributed by atoms with Crippen molar-refractivity contribution >= 4 is 23.2 Å². The maximum atomic E-state index is 13.5. The summed E-state index contributed by atoms with van der Waals surface area (Å²) in [6.45, 7) is 1.97. The van der Waals surface area contributed by atoms with E-state index in [1.165, 1.54) is 32.6 Å². The molecule has 0 amide bonds. The van der Waals surface area contributed by atoms with E-state index in [2.05, 4.69) is 15.5 Å². The molecule has 1 N–H and O–H groups in total. The van der Waals surface area contributed by atoms with E-state index in [0.717, 1.165) is 0 Å². The third kappa shape index (κ3) is 3.25. The summed E-state index contributed by atoms with van der Waals surface area (Å²) in [5.41, 5.74) is -0.980. The van der Waals surface area contributed by atoms with Crippen molar-refractivity contribution in [1.82, 2.24) is 15.5 Å². The first-order valence-electron chi connectivity index (χ1n) is 10.4. The van der Waals surface area contributed by atoms with Gasteiger partial charge in [0.15, 0.2) is 11.5 Å². The first-order chi connectivity index (χ1) is 16.4. The lowest BCUT2D eigenvalue weighted by Gasteiger charge is -2.35. The summed E-state index contributed by atoms with van der Waals surface area (Å²) < 4.78 is 27.1. The summed E-state index contributed by atoms with van der Waals surface area (Å²) in [6.07, 6.45) is 3.25. The summed E-state index contributed by atoms with van der Waals surface area (Å²) in [5, 5.41) is 7.12. The van der Waals surface area contributed by atoms with E-state index >= 15 is 0 Å². The van der Waals surface area contributed by atoms with Gasteiger partial charge in [0.05, 0.1) is 27.0 Å². The van der Waals surface area contributed by atoms with Gasteiger partial charge in [-0.3, -0.25) is 9.59 Å². The molecule has 1 aromatic carbocycles. The second-order valence-electron chi connectivity index (χ2n) is 7.95. The molecule has 5 rings (SSSR count). The van der Waals surface area contributed by atoms with E-state index in [-0.39, 0.29) is 34.4 Å². The molecule has 0 radical (unpaired) electrons. The molecule has 0 saturated carbocycles. The molecule has 0 bridgehead atoms. The Morgan fingerprint density at radius 1 is 1.26 bits per heavy atom. The van der Waals surface area contributed by atoms with Gasteiger partial charge in [-0.25, -0.2) is 0 Å². The maximum absolute atomic E-state index is 13.5. The van der Waals surface area contributed by atoms with Gasteiger partial charge in [-0.05, 0) is 18.6 Å². The third-order valence-electron chi connectivity index (χ3n) is 5.99. The van der Waals surface area contributed by atoms with Gasteiger partial charge in [-0.1, -0.05) is 23.7 Å². The molecule has 0 unspecified atom stereocenters. The number of aromatic nitrogens is 2. The molecule has 10 nitrogen and oxygen atoms in total. The molecule has 3 aromatic rings. The van der Waals surface area contributed by atoms with Gasteiger partial charge in [-0.15, -0.1) is 0 Å². The van der Waals surface area contributed by atoms with E-state index in [0.29, 0.717) is 29.6 Å². The summed E-state index contributed by atoms with van der Waals surface area (Å²) in [5.74, 6) is 0.248. The number of nitrogens with zero attached hydrogens (tertiary/aromatic N) is 2. The number of allylic oxidation sites excluding steroid dienone is 1. The molecule has 1 aliphatic heterocycles. The van der Waals surface area contributed by atoms with Gasteiger partial charge < -0.3 is 28.5 Å². The van der Waals surface area contributed by atoms with Crippen LogP contribution >= 0.6 is 11.6 Å². The van der Waals surface area contributed by atoms with Gasteiger partial charge in [-0.2, -0.15) is 4.98 Å². The Kier molecular flexibility index (Phi) is 5.32. The van der Waals surface area contributed by atoms with E-state index in [9.17, 15) is 9.59 Å². The fourth-order valence-corrected chi connectivity index (χ4v) is 4.54. The predicted molar refractivity (Wildman–Crippen MR) is 118 cm³/mol. The molecule has 2 aliphatic rings. The average Bonchev–Trinajstić information content (AvgIpc) is 3.57. The van der Waals surface area contributed by atoms with E-state index in [1.54, 1.807) is 19.1 Å². The van der Waals surface area contributed by atoms with Crippen molar-refractivity contribution < 1.29 is 32.7 Å². The van der Waals surface area contributed by atoms with Gasteiger partial charge in [0.25, 0.3) is 0 Å². The lowest BCUT2D eigenvalue weighted by atomic mass is 9.74. The molecule has 3 heterocycles.